The summed E-state index contributed by atoms with van der Waals surface area (Å²) in [6.07, 6.45) is 5.48. The summed E-state index contributed by atoms with van der Waals surface area (Å²) in [4.78, 5) is 0. The highest BCUT2D eigenvalue weighted by Crippen LogP contribution is 2.39. The van der Waals surface area contributed by atoms with Gasteiger partial charge in [-0.05, 0) is 36.4 Å². The molecule has 1 N–H and O–H groups in total. The Morgan fingerprint density at radius 1 is 1.21 bits per heavy atom. The molecule has 1 aliphatic carbocycles. The summed E-state index contributed by atoms with van der Waals surface area (Å²) in [7, 11) is 0. The third-order valence-electron chi connectivity index (χ3n) is 3.48. The van der Waals surface area contributed by atoms with Crippen molar-refractivity contribution >= 4 is 0 Å². The van der Waals surface area contributed by atoms with Gasteiger partial charge >= 0.3 is 0 Å². The molecule has 1 heteroatoms. The van der Waals surface area contributed by atoms with E-state index in [1.807, 2.05) is 0 Å². The normalized spacial score (nSPS) is 25.9. The predicted molar refractivity (Wildman–Crippen MR) is 58.2 cm³/mol. The lowest BCUT2D eigenvalue weighted by Gasteiger charge is -2.26. The second-order valence-corrected chi connectivity index (χ2v) is 4.63. The maximum absolute atomic E-state index is 3.65. The molecular weight excluding hydrogens is 170 g/mol. The lowest BCUT2D eigenvalue weighted by Crippen LogP contribution is -2.30. The monoisotopic (exact) mass is 187 g/mol. The minimum absolute atomic E-state index is 0.646. The van der Waals surface area contributed by atoms with Crippen LogP contribution in [0, 0.1) is 5.92 Å². The summed E-state index contributed by atoms with van der Waals surface area (Å²) in [5, 5.41) is 3.65. The maximum Gasteiger partial charge on any atom is 0.0325 e. The van der Waals surface area contributed by atoms with Crippen molar-refractivity contribution in [2.45, 2.75) is 31.7 Å². The SMILES string of the molecule is c1ccc2c(c1)CCNC2CC1CC1. The fraction of sp³-hybridized carbons (Fsp3) is 0.538. The van der Waals surface area contributed by atoms with Crippen LogP contribution in [0.25, 0.3) is 0 Å². The van der Waals surface area contributed by atoms with E-state index in [1.165, 1.54) is 25.7 Å². The molecule has 0 radical (unpaired) electrons. The molecule has 14 heavy (non-hydrogen) atoms. The Balaban J connectivity index is 1.85. The zero-order valence-corrected chi connectivity index (χ0v) is 8.50. The first-order valence-corrected chi connectivity index (χ1v) is 5.74. The van der Waals surface area contributed by atoms with E-state index in [9.17, 15) is 0 Å². The highest BCUT2D eigenvalue weighted by Gasteiger charge is 2.28. The van der Waals surface area contributed by atoms with Gasteiger partial charge in [0.25, 0.3) is 0 Å². The van der Waals surface area contributed by atoms with E-state index in [4.69, 9.17) is 0 Å². The smallest absolute Gasteiger partial charge is 0.0325 e. The largest absolute Gasteiger partial charge is 0.310 e. The van der Waals surface area contributed by atoms with Crippen LogP contribution in [-0.2, 0) is 6.42 Å². The van der Waals surface area contributed by atoms with Crippen LogP contribution in [0.4, 0.5) is 0 Å². The van der Waals surface area contributed by atoms with E-state index in [2.05, 4.69) is 29.6 Å². The van der Waals surface area contributed by atoms with Crippen molar-refractivity contribution in [3.05, 3.63) is 35.4 Å². The zero-order chi connectivity index (χ0) is 9.38. The van der Waals surface area contributed by atoms with Gasteiger partial charge < -0.3 is 5.32 Å². The third-order valence-corrected chi connectivity index (χ3v) is 3.48. The molecule has 1 aromatic rings. The van der Waals surface area contributed by atoms with Crippen LogP contribution in [0.5, 0.6) is 0 Å². The van der Waals surface area contributed by atoms with Crippen LogP contribution < -0.4 is 5.32 Å². The second kappa shape index (κ2) is 3.39. The minimum Gasteiger partial charge on any atom is -0.310 e. The Bertz CT molecular complexity index is 328. The van der Waals surface area contributed by atoms with Crippen molar-refractivity contribution < 1.29 is 0 Å². The molecule has 3 rings (SSSR count). The third kappa shape index (κ3) is 1.57. The number of benzene rings is 1. The van der Waals surface area contributed by atoms with Crippen LogP contribution in [0.2, 0.25) is 0 Å². The van der Waals surface area contributed by atoms with E-state index >= 15 is 0 Å². The summed E-state index contributed by atoms with van der Waals surface area (Å²) >= 11 is 0. The standard InChI is InChI=1S/C13H17N/c1-2-4-12-11(3-1)7-8-14-13(12)9-10-5-6-10/h1-4,10,13-14H,5-9H2. The number of fused-ring (bicyclic) bond motifs is 1. The number of hydrogen-bond acceptors (Lipinski definition) is 1. The molecule has 0 saturated heterocycles. The summed E-state index contributed by atoms with van der Waals surface area (Å²) in [6, 6.07) is 9.57. The molecule has 1 fully saturated rings. The second-order valence-electron chi connectivity index (χ2n) is 4.63. The lowest BCUT2D eigenvalue weighted by atomic mass is 9.91. The average molecular weight is 187 g/mol. The topological polar surface area (TPSA) is 12.0 Å². The molecule has 1 aromatic carbocycles. The quantitative estimate of drug-likeness (QED) is 0.750. The van der Waals surface area contributed by atoms with Gasteiger partial charge in [0.05, 0.1) is 0 Å². The molecular formula is C13H17N. The van der Waals surface area contributed by atoms with Crippen LogP contribution in [0.15, 0.2) is 24.3 Å². The van der Waals surface area contributed by atoms with Gasteiger partial charge in [0.2, 0.25) is 0 Å². The van der Waals surface area contributed by atoms with Gasteiger partial charge in [-0.15, -0.1) is 0 Å². The van der Waals surface area contributed by atoms with Gasteiger partial charge in [-0.2, -0.15) is 0 Å². The number of hydrogen-bond donors (Lipinski definition) is 1. The number of rotatable bonds is 2. The van der Waals surface area contributed by atoms with Crippen molar-refractivity contribution in [3.63, 3.8) is 0 Å². The molecule has 0 spiro atoms. The highest BCUT2D eigenvalue weighted by atomic mass is 14.9. The molecule has 1 unspecified atom stereocenters. The molecule has 1 heterocycles. The van der Waals surface area contributed by atoms with Crippen molar-refractivity contribution in [3.8, 4) is 0 Å². The van der Waals surface area contributed by atoms with Crippen molar-refractivity contribution in [1.82, 2.24) is 5.32 Å². The van der Waals surface area contributed by atoms with Crippen molar-refractivity contribution in [1.29, 1.82) is 0 Å². The Hall–Kier alpha value is -0.820. The Morgan fingerprint density at radius 2 is 2.07 bits per heavy atom. The summed E-state index contributed by atoms with van der Waals surface area (Å²) < 4.78 is 0. The van der Waals surface area contributed by atoms with Gasteiger partial charge in [0.1, 0.15) is 0 Å². The van der Waals surface area contributed by atoms with Gasteiger partial charge in [0.15, 0.2) is 0 Å². The molecule has 1 atom stereocenters. The van der Waals surface area contributed by atoms with Gasteiger partial charge in [-0.25, -0.2) is 0 Å². The van der Waals surface area contributed by atoms with E-state index < -0.39 is 0 Å². The van der Waals surface area contributed by atoms with E-state index in [-0.39, 0.29) is 0 Å². The molecule has 0 amide bonds. The first-order valence-electron chi connectivity index (χ1n) is 5.74. The van der Waals surface area contributed by atoms with Gasteiger partial charge in [-0.1, -0.05) is 37.1 Å². The van der Waals surface area contributed by atoms with E-state index in [1.54, 1.807) is 11.1 Å². The Morgan fingerprint density at radius 3 is 2.93 bits per heavy atom. The predicted octanol–water partition coefficient (Wildman–Crippen LogP) is 2.67. The first-order chi connectivity index (χ1) is 6.93. The van der Waals surface area contributed by atoms with E-state index in [0.29, 0.717) is 6.04 Å². The Kier molecular flexibility index (Phi) is 2.06. The van der Waals surface area contributed by atoms with E-state index in [0.717, 1.165) is 12.5 Å². The van der Waals surface area contributed by atoms with Crippen LogP contribution in [0.3, 0.4) is 0 Å². The molecule has 1 saturated carbocycles. The van der Waals surface area contributed by atoms with Crippen LogP contribution >= 0.6 is 0 Å². The zero-order valence-electron chi connectivity index (χ0n) is 8.50. The lowest BCUT2D eigenvalue weighted by molar-refractivity contribution is 0.453. The number of nitrogens with one attached hydrogen (secondary N) is 1. The first kappa shape index (κ1) is 8.49. The molecule has 0 aromatic heterocycles. The summed E-state index contributed by atoms with van der Waals surface area (Å²) in [5.74, 6) is 1.01. The molecule has 74 valence electrons. The molecule has 1 aliphatic heterocycles. The minimum atomic E-state index is 0.646. The van der Waals surface area contributed by atoms with Crippen LogP contribution in [-0.4, -0.2) is 6.54 Å². The summed E-state index contributed by atoms with van der Waals surface area (Å²) in [5.41, 5.74) is 3.13. The average Bonchev–Trinajstić information content (AvgIpc) is 3.03. The van der Waals surface area contributed by atoms with Crippen molar-refractivity contribution in [2.75, 3.05) is 6.54 Å². The van der Waals surface area contributed by atoms with Crippen LogP contribution in [0.1, 0.15) is 36.4 Å². The molecule has 2 aliphatic rings. The maximum atomic E-state index is 3.65. The fourth-order valence-corrected chi connectivity index (χ4v) is 2.49. The fourth-order valence-electron chi connectivity index (χ4n) is 2.49. The van der Waals surface area contributed by atoms with Gasteiger partial charge in [0, 0.05) is 6.04 Å². The molecule has 0 bridgehead atoms. The molecule has 1 nitrogen and oxygen atoms in total. The van der Waals surface area contributed by atoms with Crippen molar-refractivity contribution in [2.24, 2.45) is 5.92 Å². The summed E-state index contributed by atoms with van der Waals surface area (Å²) in [6.45, 7) is 1.16. The Labute approximate surface area is 85.5 Å². The highest BCUT2D eigenvalue weighted by molar-refractivity contribution is 5.32. The van der Waals surface area contributed by atoms with Gasteiger partial charge in [-0.3, -0.25) is 0 Å².